The van der Waals surface area contributed by atoms with Crippen molar-refractivity contribution in [3.63, 3.8) is 0 Å². The number of hydroxylamine groups is 1. The van der Waals surface area contributed by atoms with Gasteiger partial charge in [0.25, 0.3) is 0 Å². The lowest BCUT2D eigenvalue weighted by Crippen LogP contribution is -1.99. The molecule has 0 radical (unpaired) electrons. The summed E-state index contributed by atoms with van der Waals surface area (Å²) in [6.45, 7) is 3.01. The molecule has 1 heterocycles. The largest absolute Gasteiger partial charge is 0.287 e. The Hall–Kier alpha value is 0.270. The van der Waals surface area contributed by atoms with Crippen molar-refractivity contribution >= 4 is 11.9 Å². The van der Waals surface area contributed by atoms with Gasteiger partial charge in [0.2, 0.25) is 0 Å². The fourth-order valence-corrected chi connectivity index (χ4v) is 1.27. The normalized spacial score (nSPS) is 34.3. The molecule has 0 bridgehead atoms. The van der Waals surface area contributed by atoms with E-state index < -0.39 is 0 Å². The summed E-state index contributed by atoms with van der Waals surface area (Å²) in [6, 6.07) is 0. The van der Waals surface area contributed by atoms with Crippen molar-refractivity contribution in [2.75, 3.05) is 13.7 Å². The zero-order valence-corrected chi connectivity index (χ0v) is 5.36. The first kappa shape index (κ1) is 5.41. The highest BCUT2D eigenvalue weighted by molar-refractivity contribution is 7.97. The molecule has 0 N–H and O–H groups in total. The molecule has 0 aromatic rings. The Bertz CT molecular complexity index is 60.7. The van der Waals surface area contributed by atoms with Crippen molar-refractivity contribution in [2.45, 2.75) is 12.2 Å². The Morgan fingerprint density at radius 3 is 2.71 bits per heavy atom. The van der Waals surface area contributed by atoms with Crippen LogP contribution in [-0.4, -0.2) is 23.4 Å². The van der Waals surface area contributed by atoms with Gasteiger partial charge in [-0.25, -0.2) is 0 Å². The average Bonchev–Trinajstić information content (AvgIpc) is 1.87. The summed E-state index contributed by atoms with van der Waals surface area (Å²) in [5.41, 5.74) is 0. The average molecular weight is 119 g/mol. The van der Waals surface area contributed by atoms with E-state index in [9.17, 15) is 0 Å². The molecule has 0 spiro atoms. The predicted octanol–water partition coefficient (Wildman–Crippen LogP) is 0.900. The minimum atomic E-state index is 0.644. The van der Waals surface area contributed by atoms with E-state index in [2.05, 4.69) is 6.92 Å². The second-order valence-corrected chi connectivity index (χ2v) is 3.18. The van der Waals surface area contributed by atoms with Gasteiger partial charge in [0.15, 0.2) is 0 Å². The Balaban J connectivity index is 2.26. The highest BCUT2D eigenvalue weighted by Crippen LogP contribution is 2.22. The van der Waals surface area contributed by atoms with Crippen molar-refractivity contribution in [1.82, 2.24) is 4.47 Å². The van der Waals surface area contributed by atoms with E-state index in [0.717, 1.165) is 6.61 Å². The molecule has 1 unspecified atom stereocenters. The summed E-state index contributed by atoms with van der Waals surface area (Å²) >= 11 is 1.73. The van der Waals surface area contributed by atoms with Crippen LogP contribution in [0.5, 0.6) is 0 Å². The lowest BCUT2D eigenvalue weighted by atomic mass is 10.5. The van der Waals surface area contributed by atoms with Crippen molar-refractivity contribution in [3.05, 3.63) is 0 Å². The fourth-order valence-electron chi connectivity index (χ4n) is 0.524. The van der Waals surface area contributed by atoms with Crippen molar-refractivity contribution in [2.24, 2.45) is 0 Å². The lowest BCUT2D eigenvalue weighted by molar-refractivity contribution is -0.0334. The minimum absolute atomic E-state index is 0.644. The molecule has 3 heteroatoms. The van der Waals surface area contributed by atoms with Crippen molar-refractivity contribution in [3.8, 4) is 0 Å². The van der Waals surface area contributed by atoms with Crippen LogP contribution < -0.4 is 0 Å². The van der Waals surface area contributed by atoms with Crippen LogP contribution in [0.1, 0.15) is 6.92 Å². The monoisotopic (exact) mass is 119 g/mol. The Labute approximate surface area is 47.9 Å². The van der Waals surface area contributed by atoms with E-state index in [1.807, 2.05) is 7.05 Å². The van der Waals surface area contributed by atoms with Gasteiger partial charge in [-0.1, -0.05) is 0 Å². The first-order chi connectivity index (χ1) is 3.29. The predicted molar refractivity (Wildman–Crippen MR) is 30.8 cm³/mol. The summed E-state index contributed by atoms with van der Waals surface area (Å²) in [5, 5.41) is 0.644. The second kappa shape index (κ2) is 2.03. The van der Waals surface area contributed by atoms with Gasteiger partial charge in [0.05, 0.1) is 6.61 Å². The van der Waals surface area contributed by atoms with Gasteiger partial charge >= 0.3 is 0 Å². The Morgan fingerprint density at radius 2 is 2.57 bits per heavy atom. The van der Waals surface area contributed by atoms with Crippen LogP contribution in [0.15, 0.2) is 0 Å². The first-order valence-electron chi connectivity index (χ1n) is 2.32. The van der Waals surface area contributed by atoms with Crippen LogP contribution in [0.4, 0.5) is 0 Å². The van der Waals surface area contributed by atoms with E-state index in [4.69, 9.17) is 4.84 Å². The molecule has 42 valence electrons. The number of rotatable bonds is 0. The zero-order valence-electron chi connectivity index (χ0n) is 4.55. The second-order valence-electron chi connectivity index (χ2n) is 1.65. The molecule has 1 fully saturated rings. The maximum atomic E-state index is 5.06. The molecule has 1 aliphatic rings. The van der Waals surface area contributed by atoms with Gasteiger partial charge in [0.1, 0.15) is 0 Å². The van der Waals surface area contributed by atoms with Crippen LogP contribution in [0, 0.1) is 0 Å². The smallest absolute Gasteiger partial charge is 0.0825 e. The number of nitrogens with zero attached hydrogens (tertiary/aromatic N) is 1. The third kappa shape index (κ3) is 1.33. The third-order valence-electron chi connectivity index (χ3n) is 0.819. The molecule has 1 atom stereocenters. The van der Waals surface area contributed by atoms with Crippen LogP contribution in [0.25, 0.3) is 0 Å². The highest BCUT2D eigenvalue weighted by Gasteiger charge is 2.15. The van der Waals surface area contributed by atoms with Gasteiger partial charge in [0, 0.05) is 12.3 Å². The fraction of sp³-hybridized carbons (Fsp3) is 1.00. The van der Waals surface area contributed by atoms with E-state index in [1.54, 1.807) is 16.4 Å². The maximum Gasteiger partial charge on any atom is 0.0825 e. The van der Waals surface area contributed by atoms with Crippen LogP contribution in [-0.2, 0) is 4.84 Å². The summed E-state index contributed by atoms with van der Waals surface area (Å²) in [7, 11) is 1.92. The molecule has 0 aromatic heterocycles. The summed E-state index contributed by atoms with van der Waals surface area (Å²) in [4.78, 5) is 5.06. The Morgan fingerprint density at radius 1 is 1.86 bits per heavy atom. The molecule has 0 aliphatic carbocycles. The molecule has 1 aliphatic heterocycles. The van der Waals surface area contributed by atoms with Crippen LogP contribution in [0.2, 0.25) is 0 Å². The molecular formula is C4H9NOS. The topological polar surface area (TPSA) is 12.5 Å². The molecule has 7 heavy (non-hydrogen) atoms. The lowest BCUT2D eigenvalue weighted by Gasteiger charge is -2.00. The van der Waals surface area contributed by atoms with E-state index in [1.165, 1.54) is 0 Å². The molecule has 1 saturated heterocycles. The van der Waals surface area contributed by atoms with Crippen molar-refractivity contribution < 1.29 is 4.84 Å². The number of hydrogen-bond acceptors (Lipinski definition) is 3. The quantitative estimate of drug-likeness (QED) is 0.440. The van der Waals surface area contributed by atoms with E-state index in [-0.39, 0.29) is 0 Å². The molecule has 2 nitrogen and oxygen atoms in total. The van der Waals surface area contributed by atoms with Gasteiger partial charge < -0.3 is 0 Å². The summed E-state index contributed by atoms with van der Waals surface area (Å²) < 4.78 is 1.80. The third-order valence-corrected chi connectivity index (χ3v) is 1.72. The molecule has 0 saturated carbocycles. The molecule has 1 rings (SSSR count). The zero-order chi connectivity index (χ0) is 5.28. The molecule has 0 aromatic carbocycles. The maximum absolute atomic E-state index is 5.06. The van der Waals surface area contributed by atoms with E-state index in [0.29, 0.717) is 5.25 Å². The SMILES string of the molecule is CC1CON(C)S1. The van der Waals surface area contributed by atoms with Crippen LogP contribution in [0.3, 0.4) is 0 Å². The standard InChI is InChI=1S/C4H9NOS/c1-4-3-6-5(2)7-4/h4H,3H2,1-2H3. The van der Waals surface area contributed by atoms with E-state index >= 15 is 0 Å². The Kier molecular flexibility index (Phi) is 1.57. The minimum Gasteiger partial charge on any atom is -0.287 e. The molecular weight excluding hydrogens is 110 g/mol. The van der Waals surface area contributed by atoms with Gasteiger partial charge in [-0.15, -0.1) is 4.47 Å². The van der Waals surface area contributed by atoms with Gasteiger partial charge in [-0.3, -0.25) is 4.84 Å². The van der Waals surface area contributed by atoms with Gasteiger partial charge in [-0.2, -0.15) is 0 Å². The number of hydrogen-bond donors (Lipinski definition) is 0. The molecule has 0 amide bonds. The van der Waals surface area contributed by atoms with Crippen molar-refractivity contribution in [1.29, 1.82) is 0 Å². The van der Waals surface area contributed by atoms with Gasteiger partial charge in [-0.05, 0) is 18.9 Å². The summed E-state index contributed by atoms with van der Waals surface area (Å²) in [5.74, 6) is 0. The summed E-state index contributed by atoms with van der Waals surface area (Å²) in [6.07, 6.45) is 0. The highest BCUT2D eigenvalue weighted by atomic mass is 32.2. The van der Waals surface area contributed by atoms with Crippen LogP contribution >= 0.6 is 11.9 Å². The first-order valence-corrected chi connectivity index (χ1v) is 3.16.